The molecule has 2 heterocycles. The Morgan fingerprint density at radius 3 is 2.92 bits per heavy atom. The lowest BCUT2D eigenvalue weighted by Gasteiger charge is -2.16. The van der Waals surface area contributed by atoms with Gasteiger partial charge in [0.1, 0.15) is 0 Å². The molecule has 0 spiro atoms. The Morgan fingerprint density at radius 2 is 2.25 bits per heavy atom. The van der Waals surface area contributed by atoms with E-state index >= 15 is 0 Å². The maximum absolute atomic E-state index is 4.21. The second-order valence-corrected chi connectivity index (χ2v) is 2.66. The highest BCUT2D eigenvalue weighted by Crippen LogP contribution is 2.13. The number of nitrogens with zero attached hydrogens (tertiary/aromatic N) is 2. The minimum atomic E-state index is 1.03. The van der Waals surface area contributed by atoms with Crippen LogP contribution in [-0.2, 0) is 6.54 Å². The van der Waals surface area contributed by atoms with E-state index < -0.39 is 0 Å². The lowest BCUT2D eigenvalue weighted by Crippen LogP contribution is -2.17. The van der Waals surface area contributed by atoms with Crippen molar-refractivity contribution in [3.63, 3.8) is 0 Å². The lowest BCUT2D eigenvalue weighted by atomic mass is 10.3. The van der Waals surface area contributed by atoms with Crippen LogP contribution >= 0.6 is 0 Å². The Labute approximate surface area is 73.8 Å². The van der Waals surface area contributed by atoms with Gasteiger partial charge in [-0.05, 0) is 13.3 Å². The molecule has 0 amide bonds. The van der Waals surface area contributed by atoms with Crippen molar-refractivity contribution in [1.82, 2.24) is 9.55 Å². The van der Waals surface area contributed by atoms with Crippen molar-refractivity contribution in [3.8, 4) is 0 Å². The minimum absolute atomic E-state index is 1.03. The van der Waals surface area contributed by atoms with Crippen molar-refractivity contribution in [2.45, 2.75) is 33.7 Å². The van der Waals surface area contributed by atoms with E-state index in [1.54, 1.807) is 0 Å². The summed E-state index contributed by atoms with van der Waals surface area (Å²) in [6, 6.07) is 0. The van der Waals surface area contributed by atoms with Crippen molar-refractivity contribution in [2.24, 2.45) is 0 Å². The van der Waals surface area contributed by atoms with Gasteiger partial charge in [-0.2, -0.15) is 0 Å². The molecule has 3 heteroatoms. The number of fused-ring (bicyclic) bond motifs is 1. The zero-order valence-corrected chi connectivity index (χ0v) is 8.09. The maximum atomic E-state index is 4.21. The molecule has 0 bridgehead atoms. The number of nitrogens with one attached hydrogen (secondary N) is 1. The van der Waals surface area contributed by atoms with Crippen LogP contribution in [0.4, 0.5) is 5.95 Å². The second kappa shape index (κ2) is 4.14. The Bertz CT molecular complexity index is 240. The number of aromatic nitrogens is 2. The third-order valence-electron chi connectivity index (χ3n) is 1.90. The molecule has 0 saturated heterocycles. The Hall–Kier alpha value is -0.990. The largest absolute Gasteiger partial charge is 0.356 e. The summed E-state index contributed by atoms with van der Waals surface area (Å²) in [5.41, 5.74) is 1.25. The summed E-state index contributed by atoms with van der Waals surface area (Å²) in [6.45, 7) is 8.27. The highest BCUT2D eigenvalue weighted by molar-refractivity contribution is 5.30. The molecule has 0 radical (unpaired) electrons. The average Bonchev–Trinajstić information content (AvgIpc) is 2.53. The van der Waals surface area contributed by atoms with E-state index in [1.165, 1.54) is 12.1 Å². The first-order valence-electron chi connectivity index (χ1n) is 4.64. The summed E-state index contributed by atoms with van der Waals surface area (Å²) in [4.78, 5) is 4.21. The van der Waals surface area contributed by atoms with Gasteiger partial charge in [0.25, 0.3) is 0 Å². The van der Waals surface area contributed by atoms with Crippen LogP contribution in [0, 0.1) is 6.92 Å². The molecule has 1 aliphatic rings. The fourth-order valence-corrected chi connectivity index (χ4v) is 1.32. The van der Waals surface area contributed by atoms with Crippen LogP contribution in [0.5, 0.6) is 0 Å². The van der Waals surface area contributed by atoms with Crippen LogP contribution in [0.15, 0.2) is 6.20 Å². The van der Waals surface area contributed by atoms with Gasteiger partial charge in [-0.15, -0.1) is 0 Å². The van der Waals surface area contributed by atoms with E-state index in [-0.39, 0.29) is 0 Å². The smallest absolute Gasteiger partial charge is 0.202 e. The van der Waals surface area contributed by atoms with Gasteiger partial charge in [-0.25, -0.2) is 4.98 Å². The maximum Gasteiger partial charge on any atom is 0.202 e. The molecule has 0 saturated carbocycles. The van der Waals surface area contributed by atoms with Crippen LogP contribution in [-0.4, -0.2) is 16.1 Å². The molecule has 0 aromatic carbocycles. The predicted molar refractivity (Wildman–Crippen MR) is 51.4 cm³/mol. The van der Waals surface area contributed by atoms with Crippen LogP contribution in [0.25, 0.3) is 0 Å². The van der Waals surface area contributed by atoms with Gasteiger partial charge in [0.2, 0.25) is 5.95 Å². The molecule has 1 aromatic rings. The summed E-state index contributed by atoms with van der Waals surface area (Å²) in [5.74, 6) is 1.03. The molecular weight excluding hydrogens is 150 g/mol. The minimum Gasteiger partial charge on any atom is -0.356 e. The highest BCUT2D eigenvalue weighted by atomic mass is 15.2. The monoisotopic (exact) mass is 167 g/mol. The quantitative estimate of drug-likeness (QED) is 0.640. The first-order valence-corrected chi connectivity index (χ1v) is 4.64. The summed E-state index contributed by atoms with van der Waals surface area (Å²) >= 11 is 0. The number of hydrogen-bond acceptors (Lipinski definition) is 2. The molecule has 1 aromatic heterocycles. The van der Waals surface area contributed by atoms with Gasteiger partial charge in [0.05, 0.1) is 6.20 Å². The number of rotatable bonds is 0. The first-order chi connectivity index (χ1) is 5.88. The lowest BCUT2D eigenvalue weighted by molar-refractivity contribution is 0.615. The van der Waals surface area contributed by atoms with Crippen molar-refractivity contribution in [1.29, 1.82) is 0 Å². The first kappa shape index (κ1) is 9.10. The fourth-order valence-electron chi connectivity index (χ4n) is 1.32. The molecular formula is C9H17N3. The Kier molecular flexibility index (Phi) is 3.14. The van der Waals surface area contributed by atoms with Gasteiger partial charge >= 0.3 is 0 Å². The second-order valence-electron chi connectivity index (χ2n) is 2.66. The average molecular weight is 167 g/mol. The number of hydrogen-bond donors (Lipinski definition) is 1. The summed E-state index contributed by atoms with van der Waals surface area (Å²) in [7, 11) is 0. The van der Waals surface area contributed by atoms with E-state index in [2.05, 4.69) is 21.8 Å². The SMILES string of the molecule is CC.Cc1cnc2n1CCCN2. The number of anilines is 1. The summed E-state index contributed by atoms with van der Waals surface area (Å²) in [6.07, 6.45) is 3.12. The third kappa shape index (κ3) is 1.60. The van der Waals surface area contributed by atoms with Gasteiger partial charge in [0.15, 0.2) is 0 Å². The molecule has 68 valence electrons. The summed E-state index contributed by atoms with van der Waals surface area (Å²) in [5, 5.41) is 3.24. The van der Waals surface area contributed by atoms with Gasteiger partial charge in [-0.1, -0.05) is 13.8 Å². The van der Waals surface area contributed by atoms with Crippen molar-refractivity contribution >= 4 is 5.95 Å². The Morgan fingerprint density at radius 1 is 1.50 bits per heavy atom. The summed E-state index contributed by atoms with van der Waals surface area (Å²) < 4.78 is 2.21. The standard InChI is InChI=1S/C7H11N3.C2H6/c1-6-5-9-7-8-3-2-4-10(6)7;1-2/h5H,2-4H2,1H3,(H,8,9);1-2H3. The molecule has 12 heavy (non-hydrogen) atoms. The Balaban J connectivity index is 0.000000336. The molecule has 1 N–H and O–H groups in total. The van der Waals surface area contributed by atoms with Crippen LogP contribution in [0.1, 0.15) is 26.0 Å². The fraction of sp³-hybridized carbons (Fsp3) is 0.667. The third-order valence-corrected chi connectivity index (χ3v) is 1.90. The number of imidazole rings is 1. The molecule has 0 unspecified atom stereocenters. The van der Waals surface area contributed by atoms with E-state index in [0.29, 0.717) is 0 Å². The number of aryl methyl sites for hydroxylation is 1. The van der Waals surface area contributed by atoms with Gasteiger partial charge < -0.3 is 9.88 Å². The topological polar surface area (TPSA) is 29.9 Å². The highest BCUT2D eigenvalue weighted by Gasteiger charge is 2.09. The van der Waals surface area contributed by atoms with E-state index in [1.807, 2.05) is 20.0 Å². The molecule has 1 aliphatic heterocycles. The van der Waals surface area contributed by atoms with Crippen LogP contribution in [0.2, 0.25) is 0 Å². The zero-order chi connectivity index (χ0) is 8.97. The normalized spacial score (nSPS) is 13.9. The van der Waals surface area contributed by atoms with Gasteiger partial charge in [-0.3, -0.25) is 0 Å². The molecule has 0 aliphatic carbocycles. The van der Waals surface area contributed by atoms with Crippen molar-refractivity contribution in [2.75, 3.05) is 11.9 Å². The molecule has 3 nitrogen and oxygen atoms in total. The molecule has 0 fully saturated rings. The van der Waals surface area contributed by atoms with E-state index in [4.69, 9.17) is 0 Å². The molecule has 2 rings (SSSR count). The predicted octanol–water partition coefficient (Wildman–Crippen LogP) is 2.03. The molecule has 0 atom stereocenters. The van der Waals surface area contributed by atoms with Crippen molar-refractivity contribution < 1.29 is 0 Å². The van der Waals surface area contributed by atoms with E-state index in [0.717, 1.165) is 19.0 Å². The van der Waals surface area contributed by atoms with Crippen molar-refractivity contribution in [3.05, 3.63) is 11.9 Å². The van der Waals surface area contributed by atoms with E-state index in [9.17, 15) is 0 Å². The zero-order valence-electron chi connectivity index (χ0n) is 8.09. The van der Waals surface area contributed by atoms with Crippen LogP contribution in [0.3, 0.4) is 0 Å². The van der Waals surface area contributed by atoms with Gasteiger partial charge in [0, 0.05) is 18.8 Å². The van der Waals surface area contributed by atoms with Crippen LogP contribution < -0.4 is 5.32 Å².